The predicted octanol–water partition coefficient (Wildman–Crippen LogP) is 1.60. The molecule has 5 nitrogen and oxygen atoms in total. The largest absolute Gasteiger partial charge is 0.377 e. The van der Waals surface area contributed by atoms with Crippen molar-refractivity contribution in [3.05, 3.63) is 36.0 Å². The first-order chi connectivity index (χ1) is 10.8. The molecule has 0 bridgehead atoms. The van der Waals surface area contributed by atoms with E-state index in [0.29, 0.717) is 13.1 Å². The first-order valence-corrected chi connectivity index (χ1v) is 7.97. The van der Waals surface area contributed by atoms with E-state index in [4.69, 9.17) is 4.74 Å². The van der Waals surface area contributed by atoms with E-state index < -0.39 is 0 Å². The Morgan fingerprint density at radius 2 is 2.27 bits per heavy atom. The molecule has 1 saturated heterocycles. The van der Waals surface area contributed by atoms with Crippen LogP contribution in [0.3, 0.4) is 0 Å². The van der Waals surface area contributed by atoms with Crippen LogP contribution in [-0.2, 0) is 16.0 Å². The molecule has 22 heavy (non-hydrogen) atoms. The van der Waals surface area contributed by atoms with E-state index in [9.17, 15) is 4.79 Å². The normalized spacial score (nSPS) is 17.9. The van der Waals surface area contributed by atoms with Gasteiger partial charge in [-0.05, 0) is 30.9 Å². The lowest BCUT2D eigenvalue weighted by Gasteiger charge is -2.10. The van der Waals surface area contributed by atoms with Crippen LogP contribution in [0.1, 0.15) is 18.4 Å². The molecule has 1 aliphatic heterocycles. The highest BCUT2D eigenvalue weighted by molar-refractivity contribution is 5.83. The summed E-state index contributed by atoms with van der Waals surface area (Å²) in [6.07, 6.45) is 5.35. The van der Waals surface area contributed by atoms with Crippen LogP contribution in [0.15, 0.2) is 30.5 Å². The average molecular weight is 301 g/mol. The molecule has 1 aliphatic rings. The lowest BCUT2D eigenvalue weighted by molar-refractivity contribution is -0.120. The van der Waals surface area contributed by atoms with Crippen LogP contribution < -0.4 is 10.6 Å². The molecule has 1 unspecified atom stereocenters. The Morgan fingerprint density at radius 3 is 3.14 bits per heavy atom. The number of aromatic nitrogens is 1. The number of H-pyrrole nitrogens is 1. The molecule has 3 N–H and O–H groups in total. The lowest BCUT2D eigenvalue weighted by atomic mass is 10.1. The SMILES string of the molecule is O=C(CNCC1CCCO1)NCCc1c[nH]c2ccccc12. The number of carbonyl (C=O) groups excluding carboxylic acids is 1. The van der Waals surface area contributed by atoms with Crippen molar-refractivity contribution in [1.82, 2.24) is 15.6 Å². The van der Waals surface area contributed by atoms with E-state index in [-0.39, 0.29) is 12.0 Å². The van der Waals surface area contributed by atoms with Crippen LogP contribution in [0.4, 0.5) is 0 Å². The molecule has 1 fully saturated rings. The highest BCUT2D eigenvalue weighted by Gasteiger charge is 2.15. The van der Waals surface area contributed by atoms with Gasteiger partial charge in [-0.2, -0.15) is 0 Å². The molecular formula is C17H23N3O2. The minimum atomic E-state index is 0.0397. The number of ether oxygens (including phenoxy) is 1. The van der Waals surface area contributed by atoms with Crippen molar-refractivity contribution < 1.29 is 9.53 Å². The highest BCUT2D eigenvalue weighted by Crippen LogP contribution is 2.17. The van der Waals surface area contributed by atoms with Gasteiger partial charge >= 0.3 is 0 Å². The van der Waals surface area contributed by atoms with Crippen LogP contribution in [0.5, 0.6) is 0 Å². The fourth-order valence-corrected chi connectivity index (χ4v) is 2.89. The molecule has 0 aliphatic carbocycles. The number of hydrogen-bond donors (Lipinski definition) is 3. The van der Waals surface area contributed by atoms with E-state index in [1.165, 1.54) is 10.9 Å². The molecule has 1 atom stereocenters. The maximum absolute atomic E-state index is 11.8. The Bertz CT molecular complexity index is 617. The molecular weight excluding hydrogens is 278 g/mol. The first kappa shape index (κ1) is 15.1. The third kappa shape index (κ3) is 3.87. The number of hydrogen-bond acceptors (Lipinski definition) is 3. The van der Waals surface area contributed by atoms with Crippen LogP contribution in [0.2, 0.25) is 0 Å². The predicted molar refractivity (Wildman–Crippen MR) is 86.9 cm³/mol. The van der Waals surface area contributed by atoms with Gasteiger partial charge in [0.2, 0.25) is 5.91 Å². The lowest BCUT2D eigenvalue weighted by Crippen LogP contribution is -2.37. The average Bonchev–Trinajstić information content (AvgIpc) is 3.17. The van der Waals surface area contributed by atoms with Crippen LogP contribution in [0.25, 0.3) is 10.9 Å². The molecule has 118 valence electrons. The van der Waals surface area contributed by atoms with Gasteiger partial charge in [-0.1, -0.05) is 18.2 Å². The number of fused-ring (bicyclic) bond motifs is 1. The minimum absolute atomic E-state index is 0.0397. The summed E-state index contributed by atoms with van der Waals surface area (Å²) in [5, 5.41) is 7.34. The maximum atomic E-state index is 11.8. The number of nitrogens with one attached hydrogen (secondary N) is 3. The fraction of sp³-hybridized carbons (Fsp3) is 0.471. The zero-order valence-corrected chi connectivity index (χ0v) is 12.7. The number of rotatable bonds is 7. The number of aromatic amines is 1. The van der Waals surface area contributed by atoms with E-state index in [1.54, 1.807) is 0 Å². The van der Waals surface area contributed by atoms with Crippen molar-refractivity contribution in [2.75, 3.05) is 26.2 Å². The third-order valence-electron chi connectivity index (χ3n) is 4.07. The van der Waals surface area contributed by atoms with Crippen molar-refractivity contribution in [3.63, 3.8) is 0 Å². The van der Waals surface area contributed by atoms with E-state index in [1.807, 2.05) is 18.3 Å². The van der Waals surface area contributed by atoms with Crippen LogP contribution >= 0.6 is 0 Å². The number of amides is 1. The van der Waals surface area contributed by atoms with Crippen molar-refractivity contribution >= 4 is 16.8 Å². The van der Waals surface area contributed by atoms with Crippen molar-refractivity contribution in [1.29, 1.82) is 0 Å². The molecule has 0 radical (unpaired) electrons. The van der Waals surface area contributed by atoms with Gasteiger partial charge in [-0.25, -0.2) is 0 Å². The first-order valence-electron chi connectivity index (χ1n) is 7.97. The Morgan fingerprint density at radius 1 is 1.36 bits per heavy atom. The van der Waals surface area contributed by atoms with Gasteiger partial charge in [0.25, 0.3) is 0 Å². The maximum Gasteiger partial charge on any atom is 0.233 e. The standard InChI is InChI=1S/C17H23N3O2/c21-17(12-18-11-14-4-3-9-22-14)19-8-7-13-10-20-16-6-2-1-5-15(13)16/h1-2,5-6,10,14,18,20H,3-4,7-9,11-12H2,(H,19,21). The molecule has 1 aromatic carbocycles. The van der Waals surface area contributed by atoms with Gasteiger partial charge in [0.05, 0.1) is 12.6 Å². The quantitative estimate of drug-likeness (QED) is 0.728. The third-order valence-corrected chi connectivity index (χ3v) is 4.07. The highest BCUT2D eigenvalue weighted by atomic mass is 16.5. The zero-order valence-electron chi connectivity index (χ0n) is 12.7. The zero-order chi connectivity index (χ0) is 15.2. The Hall–Kier alpha value is -1.85. The summed E-state index contributed by atoms with van der Waals surface area (Å²) in [5.41, 5.74) is 2.38. The van der Waals surface area contributed by atoms with Crippen molar-refractivity contribution in [3.8, 4) is 0 Å². The number of carbonyl (C=O) groups is 1. The molecule has 5 heteroatoms. The van der Waals surface area contributed by atoms with Crippen LogP contribution in [-0.4, -0.2) is 43.2 Å². The number of para-hydroxylation sites is 1. The van der Waals surface area contributed by atoms with E-state index >= 15 is 0 Å². The second-order valence-electron chi connectivity index (χ2n) is 5.73. The summed E-state index contributed by atoms with van der Waals surface area (Å²) >= 11 is 0. The monoisotopic (exact) mass is 301 g/mol. The van der Waals surface area contributed by atoms with Gasteiger partial charge in [-0.3, -0.25) is 4.79 Å². The molecule has 0 saturated carbocycles. The Kier molecular flexibility index (Phi) is 5.08. The smallest absolute Gasteiger partial charge is 0.233 e. The second kappa shape index (κ2) is 7.42. The number of benzene rings is 1. The summed E-state index contributed by atoms with van der Waals surface area (Å²) in [6.45, 7) is 2.62. The van der Waals surface area contributed by atoms with Crippen molar-refractivity contribution in [2.24, 2.45) is 0 Å². The van der Waals surface area contributed by atoms with Crippen LogP contribution in [0, 0.1) is 0 Å². The molecule has 2 aromatic rings. The summed E-state index contributed by atoms with van der Waals surface area (Å²) in [4.78, 5) is 15.0. The molecule has 1 amide bonds. The van der Waals surface area contributed by atoms with Crippen molar-refractivity contribution in [2.45, 2.75) is 25.4 Å². The van der Waals surface area contributed by atoms with E-state index in [2.05, 4.69) is 27.8 Å². The molecule has 2 heterocycles. The van der Waals surface area contributed by atoms with Gasteiger partial charge in [0.15, 0.2) is 0 Å². The fourth-order valence-electron chi connectivity index (χ4n) is 2.89. The van der Waals surface area contributed by atoms with Gasteiger partial charge in [0, 0.05) is 36.8 Å². The summed E-state index contributed by atoms with van der Waals surface area (Å²) in [7, 11) is 0. The molecule has 1 aromatic heterocycles. The van der Waals surface area contributed by atoms with Gasteiger partial charge in [0.1, 0.15) is 0 Å². The summed E-state index contributed by atoms with van der Waals surface area (Å²) in [5.74, 6) is 0.0397. The van der Waals surface area contributed by atoms with E-state index in [0.717, 1.165) is 37.9 Å². The van der Waals surface area contributed by atoms with Gasteiger partial charge in [-0.15, -0.1) is 0 Å². The minimum Gasteiger partial charge on any atom is -0.377 e. The second-order valence-corrected chi connectivity index (χ2v) is 5.73. The topological polar surface area (TPSA) is 66.2 Å². The molecule has 3 rings (SSSR count). The molecule has 0 spiro atoms. The Balaban J connectivity index is 1.36. The summed E-state index contributed by atoms with van der Waals surface area (Å²) < 4.78 is 5.51. The van der Waals surface area contributed by atoms with Gasteiger partial charge < -0.3 is 20.4 Å². The Labute approximate surface area is 130 Å². The summed E-state index contributed by atoms with van der Waals surface area (Å²) in [6, 6.07) is 8.22.